The van der Waals surface area contributed by atoms with E-state index in [0.717, 1.165) is 34.6 Å². The molecule has 0 radical (unpaired) electrons. The molecule has 3 N–H and O–H groups in total. The molecule has 1 aliphatic carbocycles. The van der Waals surface area contributed by atoms with Gasteiger partial charge in [-0.15, -0.1) is 0 Å². The lowest BCUT2D eigenvalue weighted by atomic mass is 9.87. The third-order valence-corrected chi connectivity index (χ3v) is 6.94. The number of hydrogen-bond donors (Lipinski definition) is 3. The molecular weight excluding hydrogens is 428 g/mol. The fraction of sp³-hybridized carbons (Fsp3) is 0.286. The standard InChI is InChI=1S/C28H28N2O4/c1-17-6-5-9-21(27(17)28(33)34)19-10-12-20(13-11-19)30-23-16-25(32)24(31)15-22(23)29-26(30)14-18-7-3-2-4-8-18/h5-6,9-13,15-16,18,31-32H,2-4,7-8,14H2,1H3,(H,33,34). The van der Waals surface area contributed by atoms with Gasteiger partial charge in [-0.2, -0.15) is 0 Å². The van der Waals surface area contributed by atoms with Gasteiger partial charge in [-0.1, -0.05) is 62.4 Å². The van der Waals surface area contributed by atoms with Gasteiger partial charge in [0.15, 0.2) is 11.5 Å². The van der Waals surface area contributed by atoms with Gasteiger partial charge in [0.05, 0.1) is 16.6 Å². The number of aryl methyl sites for hydroxylation is 1. The Labute approximate surface area is 198 Å². The molecule has 0 atom stereocenters. The molecule has 6 nitrogen and oxygen atoms in total. The number of benzene rings is 3. The number of phenolic OH excluding ortho intramolecular Hbond substituents is 2. The van der Waals surface area contributed by atoms with Crippen LogP contribution >= 0.6 is 0 Å². The van der Waals surface area contributed by atoms with Crippen LogP contribution in [0.3, 0.4) is 0 Å². The summed E-state index contributed by atoms with van der Waals surface area (Å²) in [5, 5.41) is 29.9. The Kier molecular flexibility index (Phi) is 5.74. The van der Waals surface area contributed by atoms with E-state index in [4.69, 9.17) is 4.98 Å². The van der Waals surface area contributed by atoms with E-state index < -0.39 is 5.97 Å². The highest BCUT2D eigenvalue weighted by Crippen LogP contribution is 2.35. The number of carboxylic acids is 1. The Hall–Kier alpha value is -3.80. The van der Waals surface area contributed by atoms with E-state index in [1.54, 1.807) is 19.1 Å². The number of nitrogens with zero attached hydrogens (tertiary/aromatic N) is 2. The van der Waals surface area contributed by atoms with Gasteiger partial charge in [0.2, 0.25) is 0 Å². The van der Waals surface area contributed by atoms with Crippen LogP contribution in [0, 0.1) is 12.8 Å². The number of carbonyl (C=O) groups is 1. The normalized spacial score (nSPS) is 14.5. The fourth-order valence-corrected chi connectivity index (χ4v) is 5.21. The summed E-state index contributed by atoms with van der Waals surface area (Å²) >= 11 is 0. The van der Waals surface area contributed by atoms with Crippen LogP contribution in [-0.4, -0.2) is 30.8 Å². The van der Waals surface area contributed by atoms with Crippen molar-refractivity contribution in [2.75, 3.05) is 0 Å². The lowest BCUT2D eigenvalue weighted by Gasteiger charge is -2.21. The van der Waals surface area contributed by atoms with Gasteiger partial charge in [0.25, 0.3) is 0 Å². The predicted molar refractivity (Wildman–Crippen MR) is 132 cm³/mol. The number of aromatic nitrogens is 2. The quantitative estimate of drug-likeness (QED) is 0.309. The van der Waals surface area contributed by atoms with Crippen molar-refractivity contribution in [3.05, 3.63) is 71.5 Å². The van der Waals surface area contributed by atoms with Gasteiger partial charge in [-0.05, 0) is 41.7 Å². The maximum absolute atomic E-state index is 11.9. The highest BCUT2D eigenvalue weighted by atomic mass is 16.4. The van der Waals surface area contributed by atoms with Gasteiger partial charge < -0.3 is 15.3 Å². The number of phenols is 2. The van der Waals surface area contributed by atoms with E-state index in [0.29, 0.717) is 22.6 Å². The van der Waals surface area contributed by atoms with Crippen LogP contribution in [-0.2, 0) is 6.42 Å². The summed E-state index contributed by atoms with van der Waals surface area (Å²) < 4.78 is 2.04. The van der Waals surface area contributed by atoms with Crippen molar-refractivity contribution in [2.24, 2.45) is 5.92 Å². The molecule has 1 fully saturated rings. The van der Waals surface area contributed by atoms with Crippen molar-refractivity contribution in [1.29, 1.82) is 0 Å². The SMILES string of the molecule is Cc1cccc(-c2ccc(-n3c(CC4CCCCC4)nc4cc(O)c(O)cc43)cc2)c1C(=O)O. The molecular formula is C28H28N2O4. The van der Waals surface area contributed by atoms with Crippen LogP contribution in [0.2, 0.25) is 0 Å². The van der Waals surface area contributed by atoms with Crippen molar-refractivity contribution >= 4 is 17.0 Å². The number of aromatic hydroxyl groups is 2. The number of fused-ring (bicyclic) bond motifs is 1. The van der Waals surface area contributed by atoms with E-state index >= 15 is 0 Å². The molecule has 5 rings (SSSR count). The molecule has 0 aliphatic heterocycles. The van der Waals surface area contributed by atoms with E-state index in [2.05, 4.69) is 0 Å². The molecule has 34 heavy (non-hydrogen) atoms. The van der Waals surface area contributed by atoms with E-state index in [9.17, 15) is 20.1 Å². The highest BCUT2D eigenvalue weighted by molar-refractivity contribution is 5.97. The molecule has 1 heterocycles. The molecule has 1 saturated carbocycles. The number of rotatable bonds is 5. The second kappa shape index (κ2) is 8.86. The minimum Gasteiger partial charge on any atom is -0.504 e. The summed E-state index contributed by atoms with van der Waals surface area (Å²) in [6.07, 6.45) is 6.97. The van der Waals surface area contributed by atoms with Crippen molar-refractivity contribution in [3.63, 3.8) is 0 Å². The van der Waals surface area contributed by atoms with Gasteiger partial charge in [0.1, 0.15) is 5.82 Å². The van der Waals surface area contributed by atoms with E-state index in [1.165, 1.54) is 38.2 Å². The Morgan fingerprint density at radius 2 is 1.71 bits per heavy atom. The minimum absolute atomic E-state index is 0.180. The third-order valence-electron chi connectivity index (χ3n) is 6.94. The molecule has 1 aliphatic rings. The molecule has 0 spiro atoms. The monoisotopic (exact) mass is 456 g/mol. The minimum atomic E-state index is -0.942. The summed E-state index contributed by atoms with van der Waals surface area (Å²) in [7, 11) is 0. The van der Waals surface area contributed by atoms with Crippen LogP contribution in [0.1, 0.15) is 53.8 Å². The first-order valence-electron chi connectivity index (χ1n) is 11.8. The van der Waals surface area contributed by atoms with Crippen molar-refractivity contribution < 1.29 is 20.1 Å². The Morgan fingerprint density at radius 1 is 1.00 bits per heavy atom. The maximum atomic E-state index is 11.9. The van der Waals surface area contributed by atoms with Crippen LogP contribution in [0.5, 0.6) is 11.5 Å². The third kappa shape index (κ3) is 4.00. The van der Waals surface area contributed by atoms with Gasteiger partial charge >= 0.3 is 5.97 Å². The zero-order chi connectivity index (χ0) is 23.8. The molecule has 6 heteroatoms. The van der Waals surface area contributed by atoms with Crippen LogP contribution in [0.15, 0.2) is 54.6 Å². The molecule has 0 bridgehead atoms. The fourth-order valence-electron chi connectivity index (χ4n) is 5.21. The zero-order valence-electron chi connectivity index (χ0n) is 19.2. The Balaban J connectivity index is 1.60. The zero-order valence-corrected chi connectivity index (χ0v) is 19.2. The summed E-state index contributed by atoms with van der Waals surface area (Å²) in [6, 6.07) is 16.3. The molecule has 3 aromatic carbocycles. The number of aromatic carboxylic acids is 1. The first kappa shape index (κ1) is 22.0. The Bertz CT molecular complexity index is 1370. The van der Waals surface area contributed by atoms with E-state index in [-0.39, 0.29) is 11.5 Å². The van der Waals surface area contributed by atoms with Crippen molar-refractivity contribution in [1.82, 2.24) is 9.55 Å². The molecule has 0 amide bonds. The van der Waals surface area contributed by atoms with Crippen molar-refractivity contribution in [3.8, 4) is 28.3 Å². The Morgan fingerprint density at radius 3 is 2.41 bits per heavy atom. The summed E-state index contributed by atoms with van der Waals surface area (Å²) in [4.78, 5) is 16.7. The molecule has 4 aromatic rings. The average Bonchev–Trinajstić information content (AvgIpc) is 3.16. The van der Waals surface area contributed by atoms with Gasteiger partial charge in [-0.3, -0.25) is 4.57 Å². The second-order valence-electron chi connectivity index (χ2n) is 9.25. The topological polar surface area (TPSA) is 95.6 Å². The predicted octanol–water partition coefficient (Wildman–Crippen LogP) is 6.23. The molecule has 174 valence electrons. The lowest BCUT2D eigenvalue weighted by molar-refractivity contribution is 0.0697. The molecule has 0 saturated heterocycles. The first-order valence-corrected chi connectivity index (χ1v) is 11.8. The summed E-state index contributed by atoms with van der Waals surface area (Å²) in [5.41, 5.74) is 4.78. The molecule has 1 aromatic heterocycles. The van der Waals surface area contributed by atoms with Gasteiger partial charge in [-0.25, -0.2) is 9.78 Å². The maximum Gasteiger partial charge on any atom is 0.336 e. The van der Waals surface area contributed by atoms with E-state index in [1.807, 2.05) is 41.0 Å². The van der Waals surface area contributed by atoms with Crippen LogP contribution in [0.4, 0.5) is 0 Å². The largest absolute Gasteiger partial charge is 0.504 e. The summed E-state index contributed by atoms with van der Waals surface area (Å²) in [5.74, 6) is 0.165. The number of imidazole rings is 1. The number of carboxylic acid groups (broad SMARTS) is 1. The smallest absolute Gasteiger partial charge is 0.336 e. The lowest BCUT2D eigenvalue weighted by Crippen LogP contribution is -2.13. The highest BCUT2D eigenvalue weighted by Gasteiger charge is 2.21. The van der Waals surface area contributed by atoms with Crippen LogP contribution < -0.4 is 0 Å². The molecule has 0 unspecified atom stereocenters. The average molecular weight is 457 g/mol. The summed E-state index contributed by atoms with van der Waals surface area (Å²) in [6.45, 7) is 1.80. The van der Waals surface area contributed by atoms with Crippen molar-refractivity contribution in [2.45, 2.75) is 45.4 Å². The van der Waals surface area contributed by atoms with Crippen LogP contribution in [0.25, 0.3) is 27.8 Å². The second-order valence-corrected chi connectivity index (χ2v) is 9.25. The first-order chi connectivity index (χ1) is 16.4. The number of hydrogen-bond acceptors (Lipinski definition) is 4. The van der Waals surface area contributed by atoms with Gasteiger partial charge in [0, 0.05) is 24.2 Å².